The van der Waals surface area contributed by atoms with E-state index in [1.807, 2.05) is 41.0 Å². The van der Waals surface area contributed by atoms with E-state index in [2.05, 4.69) is 55.2 Å². The van der Waals surface area contributed by atoms with Gasteiger partial charge in [-0.05, 0) is 47.4 Å². The van der Waals surface area contributed by atoms with Crippen molar-refractivity contribution in [3.8, 4) is 28.6 Å². The highest BCUT2D eigenvalue weighted by molar-refractivity contribution is 7.99. The number of hydrogen-bond donors (Lipinski definition) is 0. The van der Waals surface area contributed by atoms with Gasteiger partial charge in [-0.2, -0.15) is 0 Å². The zero-order valence-corrected chi connectivity index (χ0v) is 21.4. The Bertz CT molecular complexity index is 1310. The van der Waals surface area contributed by atoms with Crippen LogP contribution in [0.5, 0.6) is 11.5 Å². The summed E-state index contributed by atoms with van der Waals surface area (Å²) in [5.41, 5.74) is 3.75. The van der Waals surface area contributed by atoms with E-state index in [-0.39, 0.29) is 17.0 Å². The lowest BCUT2D eigenvalue weighted by Crippen LogP contribution is -2.10. The standard InChI is InChI=1S/C28H29N3O3S/c1-28(2,3)21-11-9-19(10-12-21)26-29-30-27(31(26)22-13-15-23(33-4)16-14-22)35-18-25(32)20-7-6-8-24(17-20)34-5/h6-17H,18H2,1-5H3. The number of hydrogen-bond acceptors (Lipinski definition) is 6. The van der Waals surface area contributed by atoms with Crippen molar-refractivity contribution in [3.63, 3.8) is 0 Å². The Hall–Kier alpha value is -3.58. The second kappa shape index (κ2) is 10.4. The summed E-state index contributed by atoms with van der Waals surface area (Å²) < 4.78 is 12.6. The van der Waals surface area contributed by atoms with E-state index < -0.39 is 0 Å². The van der Waals surface area contributed by atoms with E-state index in [0.717, 1.165) is 17.0 Å². The Balaban J connectivity index is 1.67. The van der Waals surface area contributed by atoms with Gasteiger partial charge in [0.25, 0.3) is 0 Å². The molecular weight excluding hydrogens is 458 g/mol. The number of Topliss-reactive ketones (excluding diaryl/α,β-unsaturated/α-hetero) is 1. The van der Waals surface area contributed by atoms with E-state index in [1.165, 1.54) is 17.3 Å². The lowest BCUT2D eigenvalue weighted by Gasteiger charge is -2.19. The minimum Gasteiger partial charge on any atom is -0.497 e. The number of ether oxygens (including phenoxy) is 2. The lowest BCUT2D eigenvalue weighted by atomic mass is 9.87. The van der Waals surface area contributed by atoms with Crippen LogP contribution in [0.3, 0.4) is 0 Å². The van der Waals surface area contributed by atoms with Crippen molar-refractivity contribution in [3.05, 3.63) is 83.9 Å². The van der Waals surface area contributed by atoms with Gasteiger partial charge in [0.05, 0.1) is 20.0 Å². The summed E-state index contributed by atoms with van der Waals surface area (Å²) in [7, 11) is 3.23. The predicted molar refractivity (Wildman–Crippen MR) is 140 cm³/mol. The molecule has 0 aliphatic rings. The van der Waals surface area contributed by atoms with Crippen LogP contribution in [0.1, 0.15) is 36.7 Å². The average molecular weight is 488 g/mol. The molecule has 35 heavy (non-hydrogen) atoms. The van der Waals surface area contributed by atoms with Crippen molar-refractivity contribution in [2.45, 2.75) is 31.3 Å². The molecule has 0 fully saturated rings. The van der Waals surface area contributed by atoms with Crippen LogP contribution in [-0.2, 0) is 5.41 Å². The first kappa shape index (κ1) is 24.5. The molecule has 0 radical (unpaired) electrons. The van der Waals surface area contributed by atoms with Crippen LogP contribution in [0.15, 0.2) is 78.0 Å². The van der Waals surface area contributed by atoms with E-state index in [1.54, 1.807) is 26.4 Å². The molecule has 4 rings (SSSR count). The third-order valence-corrected chi connectivity index (χ3v) is 6.63. The summed E-state index contributed by atoms with van der Waals surface area (Å²) in [6.45, 7) is 6.57. The molecular formula is C28H29N3O3S. The quantitative estimate of drug-likeness (QED) is 0.217. The monoisotopic (exact) mass is 487 g/mol. The predicted octanol–water partition coefficient (Wildman–Crippen LogP) is 6.22. The van der Waals surface area contributed by atoms with Gasteiger partial charge in [-0.3, -0.25) is 9.36 Å². The fourth-order valence-corrected chi connectivity index (χ4v) is 4.49. The van der Waals surface area contributed by atoms with Crippen molar-refractivity contribution < 1.29 is 14.3 Å². The van der Waals surface area contributed by atoms with Crippen LogP contribution in [0.25, 0.3) is 17.1 Å². The number of aromatic nitrogens is 3. The van der Waals surface area contributed by atoms with Gasteiger partial charge >= 0.3 is 0 Å². The largest absolute Gasteiger partial charge is 0.497 e. The first-order valence-electron chi connectivity index (χ1n) is 11.3. The van der Waals surface area contributed by atoms with Gasteiger partial charge in [-0.1, -0.05) is 68.9 Å². The normalized spacial score (nSPS) is 11.3. The molecule has 1 aromatic heterocycles. The molecule has 0 amide bonds. The fourth-order valence-electron chi connectivity index (χ4n) is 3.64. The van der Waals surface area contributed by atoms with Gasteiger partial charge in [-0.25, -0.2) is 0 Å². The molecule has 0 saturated heterocycles. The molecule has 0 bridgehead atoms. The Morgan fingerprint density at radius 2 is 1.57 bits per heavy atom. The number of ketones is 1. The SMILES string of the molecule is COc1ccc(-n2c(SCC(=O)c3cccc(OC)c3)nnc2-c2ccc(C(C)(C)C)cc2)cc1. The maximum absolute atomic E-state index is 12.9. The molecule has 1 heterocycles. The van der Waals surface area contributed by atoms with E-state index >= 15 is 0 Å². The highest BCUT2D eigenvalue weighted by Crippen LogP contribution is 2.31. The molecule has 7 heteroatoms. The van der Waals surface area contributed by atoms with Crippen LogP contribution in [0.2, 0.25) is 0 Å². The molecule has 6 nitrogen and oxygen atoms in total. The summed E-state index contributed by atoms with van der Waals surface area (Å²) >= 11 is 1.36. The third kappa shape index (κ3) is 5.57. The molecule has 4 aromatic rings. The number of rotatable bonds is 8. The highest BCUT2D eigenvalue weighted by Gasteiger charge is 2.19. The fraction of sp³-hybridized carbons (Fsp3) is 0.250. The first-order valence-corrected chi connectivity index (χ1v) is 12.3. The van der Waals surface area contributed by atoms with Crippen LogP contribution < -0.4 is 9.47 Å². The summed E-state index contributed by atoms with van der Waals surface area (Å²) in [6, 6.07) is 23.3. The summed E-state index contributed by atoms with van der Waals surface area (Å²) in [4.78, 5) is 12.9. The Labute approximate surface area is 210 Å². The van der Waals surface area contributed by atoms with Gasteiger partial charge < -0.3 is 9.47 Å². The molecule has 3 aromatic carbocycles. The molecule has 0 aliphatic heterocycles. The Morgan fingerprint density at radius 1 is 0.886 bits per heavy atom. The van der Waals surface area contributed by atoms with Crippen molar-refractivity contribution in [2.24, 2.45) is 0 Å². The van der Waals surface area contributed by atoms with Crippen LogP contribution in [-0.4, -0.2) is 40.5 Å². The van der Waals surface area contributed by atoms with Crippen molar-refractivity contribution in [2.75, 3.05) is 20.0 Å². The smallest absolute Gasteiger partial charge is 0.196 e. The molecule has 0 aliphatic carbocycles. The van der Waals surface area contributed by atoms with E-state index in [4.69, 9.17) is 9.47 Å². The molecule has 0 unspecified atom stereocenters. The maximum atomic E-state index is 12.9. The second-order valence-corrected chi connectivity index (χ2v) is 10.1. The van der Waals surface area contributed by atoms with E-state index in [0.29, 0.717) is 22.3 Å². The topological polar surface area (TPSA) is 66.2 Å². The van der Waals surface area contributed by atoms with E-state index in [9.17, 15) is 4.79 Å². The van der Waals surface area contributed by atoms with Crippen LogP contribution >= 0.6 is 11.8 Å². The summed E-state index contributed by atoms with van der Waals surface area (Å²) in [6.07, 6.45) is 0. The maximum Gasteiger partial charge on any atom is 0.196 e. The summed E-state index contributed by atoms with van der Waals surface area (Å²) in [5, 5.41) is 9.59. The number of benzene rings is 3. The number of thioether (sulfide) groups is 1. The van der Waals surface area contributed by atoms with Crippen molar-refractivity contribution in [1.29, 1.82) is 0 Å². The number of carbonyl (C=O) groups excluding carboxylic acids is 1. The highest BCUT2D eigenvalue weighted by atomic mass is 32.2. The Kier molecular flexibility index (Phi) is 7.26. The first-order chi connectivity index (χ1) is 16.8. The number of nitrogens with zero attached hydrogens (tertiary/aromatic N) is 3. The minimum atomic E-state index is -0.00531. The van der Waals surface area contributed by atoms with Gasteiger partial charge in [0, 0.05) is 16.8 Å². The van der Waals surface area contributed by atoms with Crippen LogP contribution in [0, 0.1) is 0 Å². The zero-order valence-electron chi connectivity index (χ0n) is 20.6. The van der Waals surface area contributed by atoms with Gasteiger partial charge in [-0.15, -0.1) is 10.2 Å². The van der Waals surface area contributed by atoms with Crippen molar-refractivity contribution in [1.82, 2.24) is 14.8 Å². The van der Waals surface area contributed by atoms with Gasteiger partial charge in [0.2, 0.25) is 0 Å². The third-order valence-electron chi connectivity index (χ3n) is 5.70. The average Bonchev–Trinajstić information content (AvgIpc) is 3.30. The number of carbonyl (C=O) groups is 1. The zero-order chi connectivity index (χ0) is 25.0. The number of methoxy groups -OCH3 is 2. The lowest BCUT2D eigenvalue weighted by molar-refractivity contribution is 0.102. The van der Waals surface area contributed by atoms with Gasteiger partial charge in [0.15, 0.2) is 16.8 Å². The molecule has 0 atom stereocenters. The summed E-state index contributed by atoms with van der Waals surface area (Å²) in [5.74, 6) is 2.36. The van der Waals surface area contributed by atoms with Gasteiger partial charge in [0.1, 0.15) is 11.5 Å². The molecule has 0 spiro atoms. The van der Waals surface area contributed by atoms with Crippen LogP contribution in [0.4, 0.5) is 0 Å². The van der Waals surface area contributed by atoms with Crippen molar-refractivity contribution >= 4 is 17.5 Å². The molecule has 0 N–H and O–H groups in total. The second-order valence-electron chi connectivity index (χ2n) is 9.11. The molecule has 180 valence electrons. The minimum absolute atomic E-state index is 0.00531. The Morgan fingerprint density at radius 3 is 2.20 bits per heavy atom. The molecule has 0 saturated carbocycles.